The molecule has 3 aliphatic rings. The van der Waals surface area contributed by atoms with Gasteiger partial charge in [-0.1, -0.05) is 51.2 Å². The number of alkyl halides is 2. The molecule has 0 saturated heterocycles. The molecule has 0 aliphatic heterocycles. The molecule has 0 heterocycles. The third-order valence-electron chi connectivity index (χ3n) is 7.37. The SMILES string of the molecule is CCCC1CCC(C2CC=C(C3CC(F)C(F)CC3C)CC2)CC1. The van der Waals surface area contributed by atoms with Crippen LogP contribution < -0.4 is 0 Å². The summed E-state index contributed by atoms with van der Waals surface area (Å²) < 4.78 is 27.4. The molecule has 3 rings (SSSR count). The summed E-state index contributed by atoms with van der Waals surface area (Å²) in [6, 6.07) is 0. The van der Waals surface area contributed by atoms with Gasteiger partial charge in [0.25, 0.3) is 0 Å². The van der Waals surface area contributed by atoms with E-state index >= 15 is 0 Å². The average Bonchev–Trinajstić information content (AvgIpc) is 2.59. The smallest absolute Gasteiger partial charge is 0.132 e. The van der Waals surface area contributed by atoms with Crippen molar-refractivity contribution in [3.05, 3.63) is 11.6 Å². The summed E-state index contributed by atoms with van der Waals surface area (Å²) in [6.07, 6.45) is 12.9. The van der Waals surface area contributed by atoms with Crippen molar-refractivity contribution < 1.29 is 8.78 Å². The third kappa shape index (κ3) is 4.22. The molecule has 2 fully saturated rings. The fourth-order valence-electron chi connectivity index (χ4n) is 5.80. The molecule has 0 amide bonds. The molecule has 0 aromatic rings. The van der Waals surface area contributed by atoms with E-state index in [1.807, 2.05) is 0 Å². The molecule has 0 radical (unpaired) electrons. The Hall–Kier alpha value is -0.400. The van der Waals surface area contributed by atoms with Crippen molar-refractivity contribution >= 4 is 0 Å². The summed E-state index contributed by atoms with van der Waals surface area (Å²) >= 11 is 0. The summed E-state index contributed by atoms with van der Waals surface area (Å²) in [7, 11) is 0. The molecule has 5 atom stereocenters. The average molecular weight is 339 g/mol. The van der Waals surface area contributed by atoms with Gasteiger partial charge in [-0.3, -0.25) is 0 Å². The van der Waals surface area contributed by atoms with Gasteiger partial charge in [0.1, 0.15) is 12.3 Å². The Morgan fingerprint density at radius 2 is 1.67 bits per heavy atom. The van der Waals surface area contributed by atoms with Crippen LogP contribution in [0.5, 0.6) is 0 Å². The topological polar surface area (TPSA) is 0 Å². The number of rotatable bonds is 4. The first-order valence-electron chi connectivity index (χ1n) is 10.6. The van der Waals surface area contributed by atoms with Gasteiger partial charge in [-0.05, 0) is 74.5 Å². The summed E-state index contributed by atoms with van der Waals surface area (Å²) in [4.78, 5) is 0. The van der Waals surface area contributed by atoms with Crippen molar-refractivity contribution in [1.82, 2.24) is 0 Å². The van der Waals surface area contributed by atoms with E-state index in [9.17, 15) is 8.78 Å². The third-order valence-corrected chi connectivity index (χ3v) is 7.37. The van der Waals surface area contributed by atoms with E-state index < -0.39 is 12.3 Å². The second-order valence-electron chi connectivity index (χ2n) is 8.97. The maximum atomic E-state index is 13.8. The Balaban J connectivity index is 1.51. The van der Waals surface area contributed by atoms with Crippen molar-refractivity contribution in [2.75, 3.05) is 0 Å². The van der Waals surface area contributed by atoms with E-state index in [2.05, 4.69) is 19.9 Å². The van der Waals surface area contributed by atoms with Gasteiger partial charge in [0, 0.05) is 0 Å². The minimum atomic E-state index is -1.24. The Morgan fingerprint density at radius 1 is 0.958 bits per heavy atom. The molecule has 24 heavy (non-hydrogen) atoms. The van der Waals surface area contributed by atoms with Crippen molar-refractivity contribution in [3.63, 3.8) is 0 Å². The lowest BCUT2D eigenvalue weighted by Crippen LogP contribution is -2.35. The molecule has 3 aliphatic carbocycles. The maximum Gasteiger partial charge on any atom is 0.132 e. The van der Waals surface area contributed by atoms with E-state index in [1.54, 1.807) is 0 Å². The molecule has 0 aromatic carbocycles. The lowest BCUT2D eigenvalue weighted by Gasteiger charge is -2.39. The first-order valence-corrected chi connectivity index (χ1v) is 10.6. The molecule has 0 spiro atoms. The van der Waals surface area contributed by atoms with Gasteiger partial charge >= 0.3 is 0 Å². The number of hydrogen-bond donors (Lipinski definition) is 0. The number of hydrogen-bond acceptors (Lipinski definition) is 0. The second-order valence-corrected chi connectivity index (χ2v) is 8.97. The molecule has 138 valence electrons. The lowest BCUT2D eigenvalue weighted by molar-refractivity contribution is 0.0655. The monoisotopic (exact) mass is 338 g/mol. The summed E-state index contributed by atoms with van der Waals surface area (Å²) in [5, 5.41) is 0. The van der Waals surface area contributed by atoms with Gasteiger partial charge in [0.2, 0.25) is 0 Å². The number of allylic oxidation sites excluding steroid dienone is 2. The molecule has 0 nitrogen and oxygen atoms in total. The van der Waals surface area contributed by atoms with Crippen LogP contribution in [0.4, 0.5) is 8.78 Å². The van der Waals surface area contributed by atoms with Gasteiger partial charge < -0.3 is 0 Å². The summed E-state index contributed by atoms with van der Waals surface area (Å²) in [5.74, 6) is 3.36. The van der Waals surface area contributed by atoms with Crippen LogP contribution in [0.3, 0.4) is 0 Å². The van der Waals surface area contributed by atoms with Crippen LogP contribution in [0.2, 0.25) is 0 Å². The molecule has 0 aromatic heterocycles. The van der Waals surface area contributed by atoms with Crippen molar-refractivity contribution in [2.24, 2.45) is 29.6 Å². The standard InChI is InChI=1S/C22H36F2/c1-3-4-16-5-7-17(8-6-16)18-9-11-19(12-10-18)20-14-22(24)21(23)13-15(20)2/h11,15-18,20-22H,3-10,12-14H2,1-2H3. The largest absolute Gasteiger partial charge is 0.244 e. The Kier molecular flexibility index (Phi) is 6.38. The highest BCUT2D eigenvalue weighted by molar-refractivity contribution is 5.14. The van der Waals surface area contributed by atoms with E-state index in [0.717, 1.165) is 24.2 Å². The van der Waals surface area contributed by atoms with Crippen LogP contribution in [0.1, 0.15) is 84.5 Å². The summed E-state index contributed by atoms with van der Waals surface area (Å²) in [6.45, 7) is 4.42. The molecule has 0 N–H and O–H groups in total. The zero-order chi connectivity index (χ0) is 17.1. The first kappa shape index (κ1) is 18.4. The van der Waals surface area contributed by atoms with Gasteiger partial charge in [-0.25, -0.2) is 8.78 Å². The highest BCUT2D eigenvalue weighted by atomic mass is 19.2. The van der Waals surface area contributed by atoms with Gasteiger partial charge in [-0.15, -0.1) is 0 Å². The Morgan fingerprint density at radius 3 is 2.29 bits per heavy atom. The highest BCUT2D eigenvalue weighted by Gasteiger charge is 2.38. The van der Waals surface area contributed by atoms with Gasteiger partial charge in [-0.2, -0.15) is 0 Å². The first-order chi connectivity index (χ1) is 11.6. The molecule has 2 saturated carbocycles. The van der Waals surface area contributed by atoms with Crippen molar-refractivity contribution in [1.29, 1.82) is 0 Å². The van der Waals surface area contributed by atoms with Gasteiger partial charge in [0.05, 0.1) is 0 Å². The van der Waals surface area contributed by atoms with E-state index in [4.69, 9.17) is 0 Å². The zero-order valence-electron chi connectivity index (χ0n) is 15.7. The zero-order valence-corrected chi connectivity index (χ0v) is 15.7. The predicted octanol–water partition coefficient (Wildman–Crippen LogP) is 7.04. The van der Waals surface area contributed by atoms with Crippen molar-refractivity contribution in [3.8, 4) is 0 Å². The fourth-order valence-corrected chi connectivity index (χ4v) is 5.80. The fraction of sp³-hybridized carbons (Fsp3) is 0.909. The van der Waals surface area contributed by atoms with Crippen LogP contribution in [0, 0.1) is 29.6 Å². The van der Waals surface area contributed by atoms with Crippen LogP contribution in [0.15, 0.2) is 11.6 Å². The molecule has 5 unspecified atom stereocenters. The van der Waals surface area contributed by atoms with Gasteiger partial charge in [0.15, 0.2) is 0 Å². The predicted molar refractivity (Wildman–Crippen MR) is 97.5 cm³/mol. The molecule has 2 heteroatoms. The maximum absolute atomic E-state index is 13.8. The second kappa shape index (κ2) is 8.32. The number of halogens is 2. The quantitative estimate of drug-likeness (QED) is 0.482. The van der Waals surface area contributed by atoms with E-state index in [-0.39, 0.29) is 0 Å². The van der Waals surface area contributed by atoms with Crippen LogP contribution >= 0.6 is 0 Å². The lowest BCUT2D eigenvalue weighted by atomic mass is 9.67. The van der Waals surface area contributed by atoms with Crippen LogP contribution in [-0.4, -0.2) is 12.3 Å². The highest BCUT2D eigenvalue weighted by Crippen LogP contribution is 2.45. The van der Waals surface area contributed by atoms with Crippen LogP contribution in [0.25, 0.3) is 0 Å². The summed E-state index contributed by atoms with van der Waals surface area (Å²) in [5.41, 5.74) is 1.45. The molecule has 0 bridgehead atoms. The van der Waals surface area contributed by atoms with Crippen LogP contribution in [-0.2, 0) is 0 Å². The Bertz CT molecular complexity index is 422. The Labute approximate surface area is 147 Å². The molecular formula is C22H36F2. The van der Waals surface area contributed by atoms with E-state index in [0.29, 0.717) is 24.7 Å². The molecular weight excluding hydrogens is 302 g/mol. The minimum absolute atomic E-state index is 0.299. The normalized spacial score (nSPS) is 44.2. The van der Waals surface area contributed by atoms with E-state index in [1.165, 1.54) is 56.9 Å². The van der Waals surface area contributed by atoms with Crippen molar-refractivity contribution in [2.45, 2.75) is 96.8 Å². The minimum Gasteiger partial charge on any atom is -0.244 e.